The van der Waals surface area contributed by atoms with Crippen molar-refractivity contribution in [2.75, 3.05) is 6.26 Å². The van der Waals surface area contributed by atoms with Crippen LogP contribution in [0.2, 0.25) is 5.02 Å². The number of hydrogen-bond acceptors (Lipinski definition) is 3. The summed E-state index contributed by atoms with van der Waals surface area (Å²) >= 11 is 6.69. The number of benzene rings is 1. The van der Waals surface area contributed by atoms with Crippen LogP contribution in [-0.4, -0.2) is 35.5 Å². The minimum atomic E-state index is -3.50. The Labute approximate surface area is 183 Å². The van der Waals surface area contributed by atoms with Crippen molar-refractivity contribution in [3.05, 3.63) is 34.0 Å². The van der Waals surface area contributed by atoms with Gasteiger partial charge in [0.25, 0.3) is 5.91 Å². The van der Waals surface area contributed by atoms with Crippen molar-refractivity contribution in [3.8, 4) is 0 Å². The number of halogens is 1. The summed E-state index contributed by atoms with van der Waals surface area (Å²) in [4.78, 5) is 12.3. The standard InChI is InChI=1S/C22H30ClN3O3S/c1-12-5-8-18-19(22(24)27)13(2)25(21(18)20(12)23)14(3)26(30(4,28)29)17-10-15-6-7-16(9-15)11-17/h5,8,14-17H,6-7,9-11H2,1-4H3,(H2,24,27). The second-order valence-electron chi connectivity index (χ2n) is 9.18. The number of aromatic nitrogens is 1. The number of carbonyl (C=O) groups is 1. The fraction of sp³-hybridized carbons (Fsp3) is 0.591. The first-order chi connectivity index (χ1) is 14.0. The van der Waals surface area contributed by atoms with Gasteiger partial charge in [-0.1, -0.05) is 36.6 Å². The van der Waals surface area contributed by atoms with Crippen molar-refractivity contribution in [2.24, 2.45) is 17.6 Å². The molecular formula is C22H30ClN3O3S. The molecule has 2 aliphatic rings. The summed E-state index contributed by atoms with van der Waals surface area (Å²) in [5.74, 6) is 0.657. The Morgan fingerprint density at radius 1 is 1.20 bits per heavy atom. The van der Waals surface area contributed by atoms with Gasteiger partial charge >= 0.3 is 0 Å². The van der Waals surface area contributed by atoms with Crippen LogP contribution in [0.25, 0.3) is 10.9 Å². The van der Waals surface area contributed by atoms with Gasteiger partial charge in [-0.25, -0.2) is 8.42 Å². The number of rotatable bonds is 5. The first kappa shape index (κ1) is 21.7. The molecule has 0 saturated heterocycles. The van der Waals surface area contributed by atoms with Crippen LogP contribution in [0.1, 0.15) is 66.8 Å². The lowest BCUT2D eigenvalue weighted by Gasteiger charge is -2.40. The minimum Gasteiger partial charge on any atom is -0.366 e. The summed E-state index contributed by atoms with van der Waals surface area (Å²) in [6.07, 6.45) is 6.14. The zero-order valence-electron chi connectivity index (χ0n) is 18.0. The quantitative estimate of drug-likeness (QED) is 0.732. The number of hydrogen-bond donors (Lipinski definition) is 1. The number of nitrogens with zero attached hydrogens (tertiary/aromatic N) is 2. The molecule has 0 spiro atoms. The zero-order valence-corrected chi connectivity index (χ0v) is 19.6. The van der Waals surface area contributed by atoms with E-state index in [9.17, 15) is 13.2 Å². The van der Waals surface area contributed by atoms with Crippen molar-refractivity contribution in [2.45, 2.75) is 65.1 Å². The lowest BCUT2D eigenvalue weighted by Crippen LogP contribution is -2.46. The molecule has 1 amide bonds. The summed E-state index contributed by atoms with van der Waals surface area (Å²) in [7, 11) is -3.50. The predicted octanol–water partition coefficient (Wildman–Crippen LogP) is 4.37. The maximum atomic E-state index is 13.0. The summed E-state index contributed by atoms with van der Waals surface area (Å²) < 4.78 is 29.6. The summed E-state index contributed by atoms with van der Waals surface area (Å²) in [5.41, 5.74) is 8.28. The van der Waals surface area contributed by atoms with Gasteiger partial charge in [-0.2, -0.15) is 4.31 Å². The molecule has 1 aromatic heterocycles. The van der Waals surface area contributed by atoms with Gasteiger partial charge in [-0.05, 0) is 57.4 Å². The molecule has 2 bridgehead atoms. The fourth-order valence-electron chi connectivity index (χ4n) is 6.01. The minimum absolute atomic E-state index is 0.0429. The first-order valence-corrected chi connectivity index (χ1v) is 12.8. The molecule has 2 N–H and O–H groups in total. The molecule has 3 atom stereocenters. The summed E-state index contributed by atoms with van der Waals surface area (Å²) in [5, 5.41) is 1.19. The van der Waals surface area contributed by atoms with Crippen molar-refractivity contribution >= 4 is 38.4 Å². The van der Waals surface area contributed by atoms with E-state index in [0.29, 0.717) is 39.0 Å². The average molecular weight is 452 g/mol. The monoisotopic (exact) mass is 451 g/mol. The highest BCUT2D eigenvalue weighted by atomic mass is 35.5. The smallest absolute Gasteiger partial charge is 0.251 e. The van der Waals surface area contributed by atoms with Crippen LogP contribution in [0.5, 0.6) is 0 Å². The lowest BCUT2D eigenvalue weighted by atomic mass is 9.85. The van der Waals surface area contributed by atoms with E-state index in [0.717, 1.165) is 18.4 Å². The molecule has 164 valence electrons. The maximum Gasteiger partial charge on any atom is 0.251 e. The second-order valence-corrected chi connectivity index (χ2v) is 11.4. The molecule has 2 aromatic rings. The van der Waals surface area contributed by atoms with Crippen LogP contribution in [0.4, 0.5) is 0 Å². The van der Waals surface area contributed by atoms with Crippen LogP contribution in [-0.2, 0) is 10.0 Å². The van der Waals surface area contributed by atoms with Gasteiger partial charge < -0.3 is 10.3 Å². The van der Waals surface area contributed by atoms with E-state index in [2.05, 4.69) is 0 Å². The Morgan fingerprint density at radius 3 is 2.33 bits per heavy atom. The third-order valence-electron chi connectivity index (χ3n) is 7.13. The van der Waals surface area contributed by atoms with Gasteiger partial charge in [-0.15, -0.1) is 0 Å². The zero-order chi connectivity index (χ0) is 22.0. The number of amides is 1. The summed E-state index contributed by atoms with van der Waals surface area (Å²) in [6, 6.07) is 3.66. The van der Waals surface area contributed by atoms with Crippen molar-refractivity contribution in [3.63, 3.8) is 0 Å². The Bertz CT molecular complexity index is 1110. The Morgan fingerprint density at radius 2 is 1.80 bits per heavy atom. The van der Waals surface area contributed by atoms with Gasteiger partial charge in [0.1, 0.15) is 0 Å². The van der Waals surface area contributed by atoms with Crippen LogP contribution in [0.3, 0.4) is 0 Å². The van der Waals surface area contributed by atoms with Crippen molar-refractivity contribution in [1.29, 1.82) is 0 Å². The molecule has 0 radical (unpaired) electrons. The van der Waals surface area contributed by atoms with Crippen LogP contribution < -0.4 is 5.73 Å². The molecule has 1 heterocycles. The highest BCUT2D eigenvalue weighted by Gasteiger charge is 2.42. The molecule has 2 saturated carbocycles. The fourth-order valence-corrected chi connectivity index (χ4v) is 7.63. The number of carbonyl (C=O) groups excluding carboxylic acids is 1. The molecular weight excluding hydrogens is 422 g/mol. The molecule has 30 heavy (non-hydrogen) atoms. The van der Waals surface area contributed by atoms with Gasteiger partial charge in [0.05, 0.1) is 28.5 Å². The van der Waals surface area contributed by atoms with E-state index in [1.807, 2.05) is 37.5 Å². The third kappa shape index (κ3) is 3.45. The topological polar surface area (TPSA) is 85.4 Å². The van der Waals surface area contributed by atoms with Gasteiger partial charge in [-0.3, -0.25) is 4.79 Å². The molecule has 4 rings (SSSR count). The number of fused-ring (bicyclic) bond motifs is 3. The molecule has 6 nitrogen and oxygen atoms in total. The second kappa shape index (κ2) is 7.53. The van der Waals surface area contributed by atoms with Crippen LogP contribution >= 0.6 is 11.6 Å². The van der Waals surface area contributed by atoms with E-state index in [1.165, 1.54) is 25.5 Å². The molecule has 2 aliphatic carbocycles. The largest absolute Gasteiger partial charge is 0.366 e. The number of primary amides is 1. The van der Waals surface area contributed by atoms with Crippen molar-refractivity contribution in [1.82, 2.24) is 8.87 Å². The van der Waals surface area contributed by atoms with Gasteiger partial charge in [0.15, 0.2) is 0 Å². The number of aryl methyl sites for hydroxylation is 1. The molecule has 2 fully saturated rings. The van der Waals surface area contributed by atoms with E-state index < -0.39 is 22.1 Å². The third-order valence-corrected chi connectivity index (χ3v) is 8.98. The Hall–Kier alpha value is -1.57. The SMILES string of the molecule is Cc1ccc2c(C(N)=O)c(C)n(C(C)N(C3CC4CCC(C4)C3)S(C)(=O)=O)c2c1Cl. The van der Waals surface area contributed by atoms with Gasteiger partial charge in [0.2, 0.25) is 10.0 Å². The normalized spacial score (nSPS) is 25.2. The van der Waals surface area contributed by atoms with E-state index in [-0.39, 0.29) is 6.04 Å². The number of nitrogens with two attached hydrogens (primary N) is 1. The molecule has 3 unspecified atom stereocenters. The number of sulfonamides is 1. The summed E-state index contributed by atoms with van der Waals surface area (Å²) in [6.45, 7) is 5.59. The molecule has 1 aromatic carbocycles. The van der Waals surface area contributed by atoms with Crippen LogP contribution in [0, 0.1) is 25.7 Å². The highest BCUT2D eigenvalue weighted by Crippen LogP contribution is 2.46. The maximum absolute atomic E-state index is 13.0. The Kier molecular flexibility index (Phi) is 5.44. The average Bonchev–Trinajstić information content (AvgIpc) is 3.13. The van der Waals surface area contributed by atoms with Crippen LogP contribution in [0.15, 0.2) is 12.1 Å². The Balaban J connectivity index is 1.90. The van der Waals surface area contributed by atoms with E-state index in [4.69, 9.17) is 17.3 Å². The van der Waals surface area contributed by atoms with E-state index >= 15 is 0 Å². The molecule has 8 heteroatoms. The van der Waals surface area contributed by atoms with Gasteiger partial charge in [0, 0.05) is 17.1 Å². The molecule has 0 aliphatic heterocycles. The first-order valence-electron chi connectivity index (χ1n) is 10.6. The van der Waals surface area contributed by atoms with Crippen molar-refractivity contribution < 1.29 is 13.2 Å². The predicted molar refractivity (Wildman–Crippen MR) is 120 cm³/mol. The van der Waals surface area contributed by atoms with E-state index in [1.54, 1.807) is 4.31 Å². The highest BCUT2D eigenvalue weighted by molar-refractivity contribution is 7.88. The lowest BCUT2D eigenvalue weighted by molar-refractivity contribution is 0.100.